The van der Waals surface area contributed by atoms with E-state index < -0.39 is 0 Å². The molecule has 1 aliphatic carbocycles. The van der Waals surface area contributed by atoms with Gasteiger partial charge in [0.2, 0.25) is 0 Å². The van der Waals surface area contributed by atoms with Gasteiger partial charge in [0.1, 0.15) is 0 Å². The summed E-state index contributed by atoms with van der Waals surface area (Å²) in [6.45, 7) is 2.11. The predicted octanol–water partition coefficient (Wildman–Crippen LogP) is 2.89. The zero-order chi connectivity index (χ0) is 9.10. The summed E-state index contributed by atoms with van der Waals surface area (Å²) >= 11 is 0. The van der Waals surface area contributed by atoms with E-state index in [9.17, 15) is 0 Å². The summed E-state index contributed by atoms with van der Waals surface area (Å²) in [4.78, 5) is 0. The van der Waals surface area contributed by atoms with Gasteiger partial charge in [-0.3, -0.25) is 24.3 Å². The van der Waals surface area contributed by atoms with Crippen LogP contribution in [0.5, 0.6) is 0 Å². The number of rotatable bonds is 2. The maximum Gasteiger partial charge on any atom is 0 e. The van der Waals surface area contributed by atoms with Crippen molar-refractivity contribution in [1.82, 2.24) is 0 Å². The normalized spacial score (nSPS) is 10.1. The Morgan fingerprint density at radius 2 is 1.40 bits per heavy atom. The third-order valence-electron chi connectivity index (χ3n) is 2.27. The van der Waals surface area contributed by atoms with E-state index in [4.69, 9.17) is 0 Å². The minimum absolute atomic E-state index is 0. The molecule has 0 saturated heterocycles. The molecule has 7 heteroatoms. The first-order valence-electron chi connectivity index (χ1n) is 4.50. The van der Waals surface area contributed by atoms with Crippen LogP contribution in [0.3, 0.4) is 0 Å². The molecule has 0 amide bonds. The van der Waals surface area contributed by atoms with Crippen LogP contribution >= 0.6 is 0 Å². The standard InChI is InChI=1S/C13H11.7Y/c1-11-6-5-9-13(11)10-12-7-3-2-4-8-12;;;;;;;/h2-4,9H,5,10H2,1H3;;;;;;;/q-3;;;;;;;. The second-order valence-electron chi connectivity index (χ2n) is 3.21. The summed E-state index contributed by atoms with van der Waals surface area (Å²) in [5.74, 6) is 0. The van der Waals surface area contributed by atoms with Crippen LogP contribution in [0.25, 0.3) is 0 Å². The topological polar surface area (TPSA) is 0 Å². The summed E-state index contributed by atoms with van der Waals surface area (Å²) in [5.41, 5.74) is 3.79. The summed E-state index contributed by atoms with van der Waals surface area (Å²) in [6, 6.07) is 12.2. The Morgan fingerprint density at radius 1 is 0.900 bits per heavy atom. The Bertz CT molecular complexity index is 360. The van der Waals surface area contributed by atoms with Crippen molar-refractivity contribution in [3.63, 3.8) is 0 Å². The van der Waals surface area contributed by atoms with Gasteiger partial charge in [-0.25, -0.2) is 5.57 Å². The summed E-state index contributed by atoms with van der Waals surface area (Å²) < 4.78 is 0. The zero-order valence-electron chi connectivity index (χ0n) is 11.8. The van der Waals surface area contributed by atoms with Gasteiger partial charge in [-0.2, -0.15) is 11.6 Å². The molecule has 0 fully saturated rings. The molecule has 0 aliphatic heterocycles. The number of benzene rings is 1. The molecule has 0 heterocycles. The first-order valence-corrected chi connectivity index (χ1v) is 4.50. The summed E-state index contributed by atoms with van der Waals surface area (Å²) in [6.07, 6.45) is 7.42. The first-order chi connectivity index (χ1) is 6.36. The maximum absolute atomic E-state index is 3.29. The van der Waals surface area contributed by atoms with E-state index in [1.807, 2.05) is 18.2 Å². The largest absolute Gasteiger partial charge is 0.357 e. The van der Waals surface area contributed by atoms with Crippen molar-refractivity contribution in [2.24, 2.45) is 0 Å². The maximum atomic E-state index is 3.29. The molecule has 0 N–H and O–H groups in total. The molecule has 20 heavy (non-hydrogen) atoms. The second kappa shape index (κ2) is 25.4. The molecular formula is C13H11Y7-3. The Kier molecular flexibility index (Phi) is 52.1. The van der Waals surface area contributed by atoms with Crippen LogP contribution in [0.2, 0.25) is 0 Å². The van der Waals surface area contributed by atoms with Gasteiger partial charge < -0.3 is 17.7 Å². The van der Waals surface area contributed by atoms with Gasteiger partial charge in [-0.15, -0.1) is 12.8 Å². The van der Waals surface area contributed by atoms with Gasteiger partial charge in [0.25, 0.3) is 0 Å². The van der Waals surface area contributed by atoms with Crippen molar-refractivity contribution < 1.29 is 229 Å². The van der Waals surface area contributed by atoms with Crippen LogP contribution in [-0.4, -0.2) is 0 Å². The minimum atomic E-state index is 0. The fraction of sp³-hybridized carbons (Fsp3) is 0.231. The molecule has 0 aromatic heterocycles. The third kappa shape index (κ3) is 16.6. The van der Waals surface area contributed by atoms with Crippen LogP contribution in [0.15, 0.2) is 35.4 Å². The van der Waals surface area contributed by atoms with Gasteiger partial charge in [0, 0.05) is 229 Å². The molecule has 0 saturated carbocycles. The van der Waals surface area contributed by atoms with Crippen molar-refractivity contribution in [3.05, 3.63) is 59.2 Å². The molecule has 0 atom stereocenters. The number of hydrogen-bond donors (Lipinski definition) is 0. The van der Waals surface area contributed by atoms with E-state index in [1.165, 1.54) is 11.1 Å². The predicted molar refractivity (Wildman–Crippen MR) is 52.9 cm³/mol. The van der Waals surface area contributed by atoms with Crippen LogP contribution in [-0.2, 0) is 235 Å². The fourth-order valence-electron chi connectivity index (χ4n) is 1.48. The Hall–Kier alpha value is 6.43. The molecule has 7 radical (unpaired) electrons. The van der Waals surface area contributed by atoms with Crippen molar-refractivity contribution in [1.29, 1.82) is 0 Å². The Labute approximate surface area is 299 Å². The molecular weight excluding hydrogens is 778 g/mol. The van der Waals surface area contributed by atoms with Crippen LogP contribution in [0.1, 0.15) is 18.9 Å². The monoisotopic (exact) mass is 789 g/mol. The van der Waals surface area contributed by atoms with E-state index in [2.05, 4.69) is 31.2 Å². The Balaban J connectivity index is -0.0000000700. The summed E-state index contributed by atoms with van der Waals surface area (Å²) in [5, 5.41) is 0. The summed E-state index contributed by atoms with van der Waals surface area (Å²) in [7, 11) is 0. The number of hydrogen-bond acceptors (Lipinski definition) is 0. The molecule has 0 unspecified atom stereocenters. The van der Waals surface area contributed by atoms with Gasteiger partial charge in [-0.05, 0) is 0 Å². The molecule has 1 aliphatic rings. The van der Waals surface area contributed by atoms with Gasteiger partial charge >= 0.3 is 0 Å². The van der Waals surface area contributed by atoms with Crippen LogP contribution in [0.4, 0.5) is 0 Å². The fourth-order valence-corrected chi connectivity index (χ4v) is 1.48. The third-order valence-corrected chi connectivity index (χ3v) is 2.27. The van der Waals surface area contributed by atoms with Gasteiger partial charge in [0.05, 0.1) is 0 Å². The first kappa shape index (κ1) is 40.9. The van der Waals surface area contributed by atoms with Crippen molar-refractivity contribution >= 4 is 0 Å². The molecule has 87 valence electrons. The SMILES string of the molecule is CC1=[C-]CC=C1Cc1[c-]ccc[c-]1.[Y].[Y].[Y].[Y].[Y].[Y].[Y]. The quantitative estimate of drug-likeness (QED) is 0.405. The van der Waals surface area contributed by atoms with E-state index in [0.29, 0.717) is 0 Å². The van der Waals surface area contributed by atoms with Gasteiger partial charge in [0.15, 0.2) is 0 Å². The van der Waals surface area contributed by atoms with Gasteiger partial charge in [-0.1, -0.05) is 6.92 Å². The van der Waals surface area contributed by atoms with Crippen molar-refractivity contribution in [2.75, 3.05) is 0 Å². The molecule has 2 rings (SSSR count). The smallest absolute Gasteiger partial charge is 0 e. The molecule has 0 spiro atoms. The average molecular weight is 790 g/mol. The molecule has 0 bridgehead atoms. The van der Waals surface area contributed by atoms with E-state index in [1.54, 1.807) is 0 Å². The Morgan fingerprint density at radius 3 is 1.80 bits per heavy atom. The van der Waals surface area contributed by atoms with Crippen LogP contribution in [0, 0.1) is 18.2 Å². The average Bonchev–Trinajstić information content (AvgIpc) is 2.54. The minimum Gasteiger partial charge on any atom is -0.357 e. The van der Waals surface area contributed by atoms with Crippen LogP contribution < -0.4 is 0 Å². The molecule has 1 aromatic carbocycles. The molecule has 1 aromatic rings. The molecule has 0 nitrogen and oxygen atoms in total. The zero-order valence-corrected chi connectivity index (χ0v) is 31.6. The number of allylic oxidation sites excluding steroid dienone is 4. The van der Waals surface area contributed by atoms with E-state index >= 15 is 0 Å². The second-order valence-corrected chi connectivity index (χ2v) is 3.21. The van der Waals surface area contributed by atoms with E-state index in [-0.39, 0.29) is 229 Å². The van der Waals surface area contributed by atoms with Crippen molar-refractivity contribution in [2.45, 2.75) is 19.8 Å². The van der Waals surface area contributed by atoms with Crippen molar-refractivity contribution in [3.8, 4) is 0 Å². The van der Waals surface area contributed by atoms with E-state index in [0.717, 1.165) is 18.4 Å².